The highest BCUT2D eigenvalue weighted by molar-refractivity contribution is 5.90. The number of esters is 2. The standard InChI is InChI=1S/C41H53NO11/c1-8-42-21-38(22-46-2)18-17-28(49-5)41-27-19-39(45)29(50-6)20-40(31(34(41)42)32(51-7)33(38)41,53-37(44)24-11-15-26(48-4)16-12-24)30(27)35(39)52-36(43)23-9-13-25(47-3)14-10-23/h9-16,27-35,45H,8,17-22H2,1-7H3/t27-,28+,29+,30-,31-,32+,33-,34?,35-,38+,39+,40-,41+/m1/s1. The van der Waals surface area contributed by atoms with Crippen LogP contribution in [-0.2, 0) is 28.4 Å². The molecule has 1 spiro atoms. The molecule has 1 heterocycles. The van der Waals surface area contributed by atoms with Crippen molar-refractivity contribution in [1.82, 2.24) is 4.90 Å². The van der Waals surface area contributed by atoms with Gasteiger partial charge in [0.1, 0.15) is 28.8 Å². The molecule has 1 aliphatic heterocycles. The number of carbonyl (C=O) groups is 2. The van der Waals surface area contributed by atoms with E-state index in [1.54, 1.807) is 91.2 Å². The normalized spacial score (nSPS) is 41.8. The number of likely N-dealkylation sites (tertiary alicyclic amines) is 1. The van der Waals surface area contributed by atoms with Crippen LogP contribution in [0.4, 0.5) is 0 Å². The summed E-state index contributed by atoms with van der Waals surface area (Å²) in [7, 11) is 10.0. The zero-order chi connectivity index (χ0) is 37.5. The van der Waals surface area contributed by atoms with Gasteiger partial charge in [-0.3, -0.25) is 4.90 Å². The van der Waals surface area contributed by atoms with Crippen molar-refractivity contribution in [3.8, 4) is 11.5 Å². The van der Waals surface area contributed by atoms with Crippen molar-refractivity contribution >= 4 is 11.9 Å². The third kappa shape index (κ3) is 4.81. The number of benzene rings is 2. The molecule has 12 heteroatoms. The lowest BCUT2D eigenvalue weighted by Crippen LogP contribution is -2.77. The average molecular weight is 736 g/mol. The lowest BCUT2D eigenvalue weighted by Gasteiger charge is -2.69. The van der Waals surface area contributed by atoms with Gasteiger partial charge in [0.25, 0.3) is 0 Å². The minimum Gasteiger partial charge on any atom is -0.497 e. The topological polar surface area (TPSA) is 131 Å². The van der Waals surface area contributed by atoms with Crippen molar-refractivity contribution in [3.05, 3.63) is 59.7 Å². The second-order valence-corrected chi connectivity index (χ2v) is 16.2. The molecule has 5 aliphatic carbocycles. The fourth-order valence-corrected chi connectivity index (χ4v) is 13.1. The van der Waals surface area contributed by atoms with Gasteiger partial charge in [-0.1, -0.05) is 6.92 Å². The summed E-state index contributed by atoms with van der Waals surface area (Å²) in [6, 6.07) is 13.4. The van der Waals surface area contributed by atoms with Crippen LogP contribution < -0.4 is 9.47 Å². The van der Waals surface area contributed by atoms with Gasteiger partial charge < -0.3 is 43.0 Å². The highest BCUT2D eigenvalue weighted by Crippen LogP contribution is 2.80. The zero-order valence-corrected chi connectivity index (χ0v) is 31.7. The van der Waals surface area contributed by atoms with Crippen LogP contribution in [0.1, 0.15) is 53.3 Å². The Bertz CT molecular complexity index is 1700. The fraction of sp³-hybridized carbons (Fsp3) is 0.659. The maximum absolute atomic E-state index is 14.6. The summed E-state index contributed by atoms with van der Waals surface area (Å²) in [5.41, 5.74) is -3.00. The van der Waals surface area contributed by atoms with E-state index in [0.717, 1.165) is 25.9 Å². The Kier molecular flexibility index (Phi) is 9.14. The third-order valence-corrected chi connectivity index (χ3v) is 14.6. The lowest BCUT2D eigenvalue weighted by molar-refractivity contribution is -0.282. The third-order valence-electron chi connectivity index (χ3n) is 14.6. The number of methoxy groups -OCH3 is 6. The van der Waals surface area contributed by atoms with Crippen LogP contribution in [0.2, 0.25) is 0 Å². The molecule has 2 aromatic carbocycles. The maximum Gasteiger partial charge on any atom is 0.338 e. The van der Waals surface area contributed by atoms with E-state index in [2.05, 4.69) is 11.8 Å². The van der Waals surface area contributed by atoms with Crippen molar-refractivity contribution in [1.29, 1.82) is 0 Å². The van der Waals surface area contributed by atoms with Crippen LogP contribution >= 0.6 is 0 Å². The molecular formula is C41H53NO11. The Balaban J connectivity index is 1.35. The Morgan fingerprint density at radius 1 is 0.811 bits per heavy atom. The van der Waals surface area contributed by atoms with Crippen molar-refractivity contribution in [2.45, 2.75) is 74.3 Å². The number of hydrogen-bond acceptors (Lipinski definition) is 12. The molecule has 1 unspecified atom stereocenters. The van der Waals surface area contributed by atoms with Crippen LogP contribution in [0, 0.1) is 34.5 Å². The lowest BCUT2D eigenvalue weighted by atomic mass is 9.43. The Morgan fingerprint density at radius 2 is 1.43 bits per heavy atom. The fourth-order valence-electron chi connectivity index (χ4n) is 13.1. The van der Waals surface area contributed by atoms with Crippen LogP contribution in [0.15, 0.2) is 48.5 Å². The minimum absolute atomic E-state index is 0.0510. The van der Waals surface area contributed by atoms with Crippen molar-refractivity contribution in [3.63, 3.8) is 0 Å². The van der Waals surface area contributed by atoms with Crippen molar-refractivity contribution in [2.75, 3.05) is 62.4 Å². The Morgan fingerprint density at radius 3 is 1.98 bits per heavy atom. The van der Waals surface area contributed by atoms with E-state index in [4.69, 9.17) is 37.9 Å². The Hall–Kier alpha value is -3.26. The molecule has 288 valence electrons. The van der Waals surface area contributed by atoms with Gasteiger partial charge in [-0.2, -0.15) is 0 Å². The summed E-state index contributed by atoms with van der Waals surface area (Å²) in [5, 5.41) is 13.1. The molecule has 12 nitrogen and oxygen atoms in total. The van der Waals surface area contributed by atoms with E-state index in [1.807, 2.05) is 0 Å². The van der Waals surface area contributed by atoms with Gasteiger partial charge in [0.15, 0.2) is 0 Å². The van der Waals surface area contributed by atoms with Gasteiger partial charge in [-0.25, -0.2) is 9.59 Å². The van der Waals surface area contributed by atoms with Crippen molar-refractivity contribution < 1.29 is 52.6 Å². The summed E-state index contributed by atoms with van der Waals surface area (Å²) in [4.78, 5) is 31.3. The molecule has 5 saturated carbocycles. The highest BCUT2D eigenvalue weighted by atomic mass is 16.6. The second-order valence-electron chi connectivity index (χ2n) is 16.2. The number of fused-ring (bicyclic) bond motifs is 2. The quantitative estimate of drug-likeness (QED) is 0.316. The SMILES string of the molecule is CCN1C[C@]2(COC)CC[C@H](OC)[C@]34C1[C@@H]([C@H](OC)[C@H]23)[C@@]1(OC(=O)c2ccc(OC)cc2)C[C@H](OC)[C@@]2(O)C[C@@H]4[C@@H]1[C@H]2OC(=O)c1ccc(OC)cc1. The molecule has 6 fully saturated rings. The summed E-state index contributed by atoms with van der Waals surface area (Å²) < 4.78 is 49.9. The average Bonchev–Trinajstić information content (AvgIpc) is 3.56. The smallest absolute Gasteiger partial charge is 0.338 e. The molecule has 0 radical (unpaired) electrons. The first-order valence-electron chi connectivity index (χ1n) is 18.8. The maximum atomic E-state index is 14.6. The van der Waals surface area contributed by atoms with E-state index in [0.29, 0.717) is 29.2 Å². The van der Waals surface area contributed by atoms with Gasteiger partial charge in [0.2, 0.25) is 0 Å². The number of hydrogen-bond donors (Lipinski definition) is 1. The van der Waals surface area contributed by atoms with E-state index in [9.17, 15) is 14.7 Å². The molecule has 1 saturated heterocycles. The molecule has 2 aromatic rings. The molecule has 6 aliphatic rings. The number of nitrogens with zero attached hydrogens (tertiary/aromatic N) is 1. The van der Waals surface area contributed by atoms with Gasteiger partial charge in [-0.15, -0.1) is 0 Å². The van der Waals surface area contributed by atoms with E-state index >= 15 is 0 Å². The van der Waals surface area contributed by atoms with Crippen LogP contribution in [0.25, 0.3) is 0 Å². The van der Waals surface area contributed by atoms with Gasteiger partial charge in [0, 0.05) is 76.0 Å². The van der Waals surface area contributed by atoms with E-state index in [-0.39, 0.29) is 54.3 Å². The molecule has 1 N–H and O–H groups in total. The van der Waals surface area contributed by atoms with E-state index in [1.165, 1.54) is 0 Å². The monoisotopic (exact) mass is 735 g/mol. The van der Waals surface area contributed by atoms with Crippen molar-refractivity contribution in [2.24, 2.45) is 34.5 Å². The molecule has 7 bridgehead atoms. The summed E-state index contributed by atoms with van der Waals surface area (Å²) in [6.07, 6.45) is -0.284. The minimum atomic E-state index is -1.57. The first-order chi connectivity index (χ1) is 25.6. The number of piperidine rings is 1. The van der Waals surface area contributed by atoms with Crippen LogP contribution in [0.5, 0.6) is 11.5 Å². The largest absolute Gasteiger partial charge is 0.497 e. The van der Waals surface area contributed by atoms with Crippen LogP contribution in [0.3, 0.4) is 0 Å². The molecular weight excluding hydrogens is 682 g/mol. The van der Waals surface area contributed by atoms with Crippen LogP contribution in [-0.4, -0.2) is 126 Å². The van der Waals surface area contributed by atoms with Gasteiger partial charge in [-0.05, 0) is 80.3 Å². The number of ether oxygens (including phenoxy) is 8. The molecule has 13 atom stereocenters. The highest BCUT2D eigenvalue weighted by Gasteiger charge is 2.90. The summed E-state index contributed by atoms with van der Waals surface area (Å²) in [5.74, 6) is -1.19. The summed E-state index contributed by atoms with van der Waals surface area (Å²) in [6.45, 7) is 4.26. The number of rotatable bonds is 12. The predicted molar refractivity (Wildman–Crippen MR) is 191 cm³/mol. The number of aliphatic hydroxyl groups is 1. The molecule has 53 heavy (non-hydrogen) atoms. The predicted octanol–water partition coefficient (Wildman–Crippen LogP) is 4.02. The second kappa shape index (κ2) is 13.2. The Labute approximate surface area is 311 Å². The molecule has 0 aromatic heterocycles. The number of carbonyl (C=O) groups excluding carboxylic acids is 2. The first-order valence-corrected chi connectivity index (χ1v) is 18.8. The summed E-state index contributed by atoms with van der Waals surface area (Å²) >= 11 is 0. The molecule has 0 amide bonds. The zero-order valence-electron chi connectivity index (χ0n) is 31.7. The molecule has 8 rings (SSSR count). The van der Waals surface area contributed by atoms with Gasteiger partial charge >= 0.3 is 11.9 Å². The van der Waals surface area contributed by atoms with Gasteiger partial charge in [0.05, 0.1) is 50.3 Å². The first kappa shape index (κ1) is 36.7. The van der Waals surface area contributed by atoms with E-state index < -0.39 is 46.7 Å².